The molecule has 8 heterocycles. The minimum absolute atomic E-state index is 0. The summed E-state index contributed by atoms with van der Waals surface area (Å²) in [6.45, 7) is 10.8. The van der Waals surface area contributed by atoms with Gasteiger partial charge in [-0.25, -0.2) is 19.9 Å². The van der Waals surface area contributed by atoms with E-state index < -0.39 is 0 Å². The second-order valence-corrected chi connectivity index (χ2v) is 22.8. The van der Waals surface area contributed by atoms with Gasteiger partial charge >= 0.3 is 77.2 Å². The van der Waals surface area contributed by atoms with E-state index in [9.17, 15) is 39.6 Å². The molecule has 3 aliphatic rings. The van der Waals surface area contributed by atoms with Crippen LogP contribution in [0.15, 0.2) is 145 Å². The van der Waals surface area contributed by atoms with E-state index in [1.807, 2.05) is 72.8 Å². The van der Waals surface area contributed by atoms with Crippen LogP contribution in [0, 0.1) is 77.2 Å². The number of hydrogen-bond acceptors (Lipinski definition) is 20. The van der Waals surface area contributed by atoms with Gasteiger partial charge in [-0.2, -0.15) is 20.4 Å². The van der Waals surface area contributed by atoms with Gasteiger partial charge in [0, 0.05) is 50.5 Å². The molecule has 11 rings (SSSR count). The van der Waals surface area contributed by atoms with Gasteiger partial charge in [-0.05, 0) is 113 Å². The van der Waals surface area contributed by atoms with Gasteiger partial charge in [0.25, 0.3) is 0 Å². The Balaban J connectivity index is 0. The van der Waals surface area contributed by atoms with Gasteiger partial charge in [-0.15, -0.1) is 23.0 Å². The predicted molar refractivity (Wildman–Crippen MR) is 363 cm³/mol. The Morgan fingerprint density at radius 3 is 0.610 bits per heavy atom. The fourth-order valence-electron chi connectivity index (χ4n) is 9.24. The SMILES string of the molecule is C1CCCCC1.C1CCCCC1.C1CCCCC1.CC(=O)/C=C(/C)[O-].CC(=O)/C=C(/C)[O-].CC(=O)/C=C(/C)[O-].CC(=O)/C=C(/C)[O-].[Cl-].[Cl-].[Tb+3].[Tb+3].c1ccc(-c2n[nH]c(CCCc3nc(-c4ccccn4)n[nH]3)n2)nc1.c1ccc(-c2n[nH]c(CCCc3nc(-c4ccccn4)n[nH]3)n2)nc1. The van der Waals surface area contributed by atoms with Crippen molar-refractivity contribution in [1.82, 2.24) is 80.7 Å². The summed E-state index contributed by atoms with van der Waals surface area (Å²) < 4.78 is 0. The summed E-state index contributed by atoms with van der Waals surface area (Å²) in [4.78, 5) is 74.8. The molecule has 3 saturated carbocycles. The maximum atomic E-state index is 9.98. The average Bonchev–Trinajstić information content (AvgIpc) is 1.77. The van der Waals surface area contributed by atoms with Crippen LogP contribution in [-0.2, 0) is 44.9 Å². The fourth-order valence-corrected chi connectivity index (χ4v) is 9.24. The molecule has 0 atom stereocenters. The van der Waals surface area contributed by atoms with Gasteiger partial charge in [0.15, 0.2) is 46.4 Å². The second kappa shape index (κ2) is 59.8. The third-order valence-corrected chi connectivity index (χ3v) is 13.5. The van der Waals surface area contributed by atoms with Crippen LogP contribution >= 0.6 is 0 Å². The van der Waals surface area contributed by atoms with Gasteiger partial charge < -0.3 is 45.2 Å². The van der Waals surface area contributed by atoms with E-state index in [1.165, 1.54) is 171 Å². The van der Waals surface area contributed by atoms with Crippen LogP contribution in [0.5, 0.6) is 0 Å². The molecule has 0 bridgehead atoms. The zero-order valence-electron chi connectivity index (χ0n) is 58.6. The van der Waals surface area contributed by atoms with Crippen molar-refractivity contribution in [3.63, 3.8) is 0 Å². The van der Waals surface area contributed by atoms with Crippen LogP contribution in [0.3, 0.4) is 0 Å². The van der Waals surface area contributed by atoms with Gasteiger partial charge in [0.05, 0.1) is 0 Å². The molecular formula is C72H96Cl2N16O8Tb2. The number of rotatable bonds is 16. The Hall–Kier alpha value is -6.85. The van der Waals surface area contributed by atoms with Crippen LogP contribution < -0.4 is 45.2 Å². The molecule has 0 aromatic carbocycles. The number of halogens is 2. The Morgan fingerprint density at radius 2 is 0.490 bits per heavy atom. The zero-order chi connectivity index (χ0) is 70.0. The molecule has 0 amide bonds. The number of nitrogens with one attached hydrogen (secondary N) is 4. The second-order valence-electron chi connectivity index (χ2n) is 22.8. The summed E-state index contributed by atoms with van der Waals surface area (Å²) >= 11 is 0. The van der Waals surface area contributed by atoms with Gasteiger partial charge in [-0.1, -0.05) is 168 Å². The molecule has 0 unspecified atom stereocenters. The molecule has 3 fully saturated rings. The maximum Gasteiger partial charge on any atom is 3.00 e. The summed E-state index contributed by atoms with van der Waals surface area (Å²) in [6, 6.07) is 22.7. The van der Waals surface area contributed by atoms with Crippen molar-refractivity contribution in [2.45, 2.75) is 209 Å². The van der Waals surface area contributed by atoms with Crippen molar-refractivity contribution in [2.75, 3.05) is 0 Å². The van der Waals surface area contributed by atoms with Crippen molar-refractivity contribution in [3.8, 4) is 46.1 Å². The van der Waals surface area contributed by atoms with E-state index in [2.05, 4.69) is 80.7 Å². The number of carbonyl (C=O) groups is 4. The van der Waals surface area contributed by atoms with E-state index in [0.29, 0.717) is 23.3 Å². The number of aromatic amines is 4. The van der Waals surface area contributed by atoms with E-state index in [0.717, 1.165) is 109 Å². The average molecular weight is 1700 g/mol. The van der Waals surface area contributed by atoms with Crippen LogP contribution in [0.25, 0.3) is 46.1 Å². The van der Waals surface area contributed by atoms with Crippen LogP contribution in [0.1, 0.15) is 207 Å². The summed E-state index contributed by atoms with van der Waals surface area (Å²) in [5.41, 5.74) is 3.06. The normalized spacial score (nSPS) is 13.0. The number of allylic oxidation sites excluding steroid dienone is 8. The number of aromatic nitrogens is 16. The van der Waals surface area contributed by atoms with Crippen molar-refractivity contribution in [2.24, 2.45) is 0 Å². The topological polar surface area (TPSA) is 378 Å². The third kappa shape index (κ3) is 48.8. The molecule has 0 spiro atoms. The Labute approximate surface area is 663 Å². The number of H-pyrrole nitrogens is 4. The van der Waals surface area contributed by atoms with Gasteiger partial charge in [-0.3, -0.25) is 59.5 Å². The molecule has 3 aliphatic carbocycles. The van der Waals surface area contributed by atoms with Crippen molar-refractivity contribution >= 4 is 23.1 Å². The van der Waals surface area contributed by atoms with E-state index >= 15 is 0 Å². The number of pyridine rings is 4. The molecule has 8 aromatic heterocycles. The van der Waals surface area contributed by atoms with Crippen molar-refractivity contribution < 1.29 is 142 Å². The molecule has 100 heavy (non-hydrogen) atoms. The molecular weight excluding hydrogens is 1610 g/mol. The molecule has 0 saturated heterocycles. The third-order valence-electron chi connectivity index (χ3n) is 13.5. The monoisotopic (exact) mass is 1700 g/mol. The van der Waals surface area contributed by atoms with Crippen molar-refractivity contribution in [1.29, 1.82) is 0 Å². The maximum absolute atomic E-state index is 9.98. The summed E-state index contributed by atoms with van der Waals surface area (Å²) in [5, 5.41) is 68.6. The minimum atomic E-state index is -0.187. The molecule has 544 valence electrons. The Morgan fingerprint density at radius 1 is 0.320 bits per heavy atom. The number of nitrogens with zero attached hydrogens (tertiary/aromatic N) is 12. The summed E-state index contributed by atoms with van der Waals surface area (Å²) in [7, 11) is 0. The molecule has 0 aliphatic heterocycles. The quantitative estimate of drug-likeness (QED) is 0.0743. The fraction of sp³-hybridized carbons (Fsp3) is 0.444. The number of ketones is 4. The van der Waals surface area contributed by atoms with Crippen LogP contribution in [0.4, 0.5) is 0 Å². The van der Waals surface area contributed by atoms with Crippen LogP contribution in [0.2, 0.25) is 0 Å². The standard InChI is InChI=1S/2C17H16N8.3C6H12.4C5H8O2.2ClH.2Tb/c2*1-3-10-18-12(6-1)16-20-14(22-24-16)8-5-9-15-21-17(25-23-15)13-7-2-4-11-19-13;3*1-2-4-6-5-3-1;4*1-4(6)3-5(2)7;;;;/h2*1-4,6-7,10-11H,5,8-9H2,(H,20,22,24)(H,21,23,25);3*1-6H2;4*3,6H,1-2H3;2*1H;;/q;;;;;;;;;;;2*+3/p-6/b;;;;;4*4-3-;;;;. The number of carbonyl (C=O) groups excluding carboxylic acids is 4. The first-order valence-corrected chi connectivity index (χ1v) is 33.0. The molecule has 4 N–H and O–H groups in total. The number of aryl methyl sites for hydroxylation is 4. The smallest absolute Gasteiger partial charge is 1.00 e. The van der Waals surface area contributed by atoms with Crippen LogP contribution in [-0.4, -0.2) is 104 Å². The first-order chi connectivity index (χ1) is 46.3. The van der Waals surface area contributed by atoms with Crippen molar-refractivity contribution in [3.05, 3.63) is 168 Å². The summed E-state index contributed by atoms with van der Waals surface area (Å²) in [6.07, 6.45) is 43.0. The first kappa shape index (κ1) is 95.2. The molecule has 8 aromatic rings. The number of hydrogen-bond donors (Lipinski definition) is 4. The molecule has 28 heteroatoms. The predicted octanol–water partition coefficient (Wildman–Crippen LogP) is 4.83. The zero-order valence-corrected chi connectivity index (χ0v) is 64.4. The van der Waals surface area contributed by atoms with E-state index in [-0.39, 0.29) is 148 Å². The Bertz CT molecular complexity index is 3040. The molecule has 0 radical (unpaired) electrons. The molecule has 24 nitrogen and oxygen atoms in total. The Kier molecular flexibility index (Phi) is 56.9. The van der Waals surface area contributed by atoms with Gasteiger partial charge in [0.1, 0.15) is 46.1 Å². The van der Waals surface area contributed by atoms with E-state index in [4.69, 9.17) is 0 Å². The van der Waals surface area contributed by atoms with Gasteiger partial charge in [0.2, 0.25) is 0 Å². The minimum Gasteiger partial charge on any atom is -1.00 e. The summed E-state index contributed by atoms with van der Waals surface area (Å²) in [5.74, 6) is 4.33. The largest absolute Gasteiger partial charge is 3.00 e. The first-order valence-electron chi connectivity index (χ1n) is 33.0. The van der Waals surface area contributed by atoms with E-state index in [1.54, 1.807) is 24.8 Å².